The van der Waals surface area contributed by atoms with Gasteiger partial charge >= 0.3 is 5.97 Å². The van der Waals surface area contributed by atoms with Crippen LogP contribution in [0.25, 0.3) is 11.3 Å². The first-order chi connectivity index (χ1) is 17.7. The third kappa shape index (κ3) is 6.55. The summed E-state index contributed by atoms with van der Waals surface area (Å²) in [5.74, 6) is 1.11. The van der Waals surface area contributed by atoms with E-state index in [1.165, 1.54) is 24.2 Å². The first-order valence-electron chi connectivity index (χ1n) is 12.9. The summed E-state index contributed by atoms with van der Waals surface area (Å²) in [6, 6.07) is 15.5. The lowest BCUT2D eigenvalue weighted by atomic mass is 9.81. The Morgan fingerprint density at radius 1 is 1.08 bits per heavy atom. The molecule has 37 heavy (non-hydrogen) atoms. The summed E-state index contributed by atoms with van der Waals surface area (Å²) < 4.78 is 6.27. The van der Waals surface area contributed by atoms with Gasteiger partial charge in [0.25, 0.3) is 5.91 Å². The van der Waals surface area contributed by atoms with E-state index in [4.69, 9.17) is 21.1 Å². The molecule has 2 N–H and O–H groups in total. The summed E-state index contributed by atoms with van der Waals surface area (Å²) in [5, 5.41) is 13.3. The fraction of sp³-hybridized carbons (Fsp3) is 0.400. The average molecular weight is 523 g/mol. The van der Waals surface area contributed by atoms with E-state index in [9.17, 15) is 9.59 Å². The quantitative estimate of drug-likeness (QED) is 0.304. The highest BCUT2D eigenvalue weighted by atomic mass is 35.5. The SMILES string of the molecule is Cc1cc(Cl)ccc1-c1cc(C(Nc2ccc(C(=O)N(C)CCC(=O)O)cc2)C2CCCCC2)c(C)o1. The summed E-state index contributed by atoms with van der Waals surface area (Å²) in [7, 11) is 1.62. The van der Waals surface area contributed by atoms with Gasteiger partial charge in [0.05, 0.1) is 12.5 Å². The lowest BCUT2D eigenvalue weighted by molar-refractivity contribution is -0.137. The van der Waals surface area contributed by atoms with Crippen LogP contribution in [0, 0.1) is 19.8 Å². The number of benzene rings is 2. The molecule has 1 aliphatic carbocycles. The fourth-order valence-corrected chi connectivity index (χ4v) is 5.46. The molecule has 2 aromatic carbocycles. The van der Waals surface area contributed by atoms with Gasteiger partial charge in [0.1, 0.15) is 11.5 Å². The van der Waals surface area contributed by atoms with Crippen LogP contribution in [0.5, 0.6) is 0 Å². The van der Waals surface area contributed by atoms with Gasteiger partial charge < -0.3 is 19.7 Å². The fourth-order valence-electron chi connectivity index (χ4n) is 5.23. The highest BCUT2D eigenvalue weighted by Crippen LogP contribution is 2.41. The Bertz CT molecular complexity index is 1240. The van der Waals surface area contributed by atoms with Gasteiger partial charge in [-0.1, -0.05) is 30.9 Å². The van der Waals surface area contributed by atoms with Crippen LogP contribution in [0.15, 0.2) is 52.9 Å². The zero-order valence-electron chi connectivity index (χ0n) is 21.7. The molecule has 1 saturated carbocycles. The number of carbonyl (C=O) groups excluding carboxylic acids is 1. The predicted octanol–water partition coefficient (Wildman–Crippen LogP) is 7.50. The first kappa shape index (κ1) is 26.8. The largest absolute Gasteiger partial charge is 0.481 e. The van der Waals surface area contributed by atoms with Gasteiger partial charge in [-0.15, -0.1) is 0 Å². The van der Waals surface area contributed by atoms with E-state index in [0.717, 1.165) is 46.7 Å². The smallest absolute Gasteiger partial charge is 0.305 e. The molecule has 1 atom stereocenters. The van der Waals surface area contributed by atoms with Crippen molar-refractivity contribution in [3.05, 3.63) is 76.0 Å². The zero-order valence-corrected chi connectivity index (χ0v) is 22.5. The van der Waals surface area contributed by atoms with E-state index < -0.39 is 5.97 Å². The Kier molecular flexibility index (Phi) is 8.59. The van der Waals surface area contributed by atoms with Crippen LogP contribution in [0.1, 0.15) is 71.8 Å². The molecule has 1 heterocycles. The molecule has 0 radical (unpaired) electrons. The number of amides is 1. The lowest BCUT2D eigenvalue weighted by Crippen LogP contribution is -2.29. The Morgan fingerprint density at radius 3 is 2.43 bits per heavy atom. The molecule has 0 aliphatic heterocycles. The van der Waals surface area contributed by atoms with E-state index >= 15 is 0 Å². The molecule has 196 valence electrons. The van der Waals surface area contributed by atoms with Gasteiger partial charge in [0.15, 0.2) is 0 Å². The van der Waals surface area contributed by atoms with Crippen molar-refractivity contribution in [2.75, 3.05) is 18.9 Å². The minimum Gasteiger partial charge on any atom is -0.481 e. The third-order valence-corrected chi connectivity index (χ3v) is 7.56. The van der Waals surface area contributed by atoms with Crippen molar-refractivity contribution in [3.8, 4) is 11.3 Å². The lowest BCUT2D eigenvalue weighted by Gasteiger charge is -2.31. The molecule has 0 spiro atoms. The number of anilines is 1. The second-order valence-electron chi connectivity index (χ2n) is 10.0. The minimum absolute atomic E-state index is 0.0769. The monoisotopic (exact) mass is 522 g/mol. The Morgan fingerprint density at radius 2 is 1.78 bits per heavy atom. The molecule has 1 fully saturated rings. The highest BCUT2D eigenvalue weighted by Gasteiger charge is 2.29. The van der Waals surface area contributed by atoms with Crippen LogP contribution in [-0.4, -0.2) is 35.5 Å². The maximum atomic E-state index is 12.7. The van der Waals surface area contributed by atoms with Crippen LogP contribution in [0.4, 0.5) is 5.69 Å². The van der Waals surface area contributed by atoms with Crippen LogP contribution in [-0.2, 0) is 4.79 Å². The Hall–Kier alpha value is -3.25. The number of nitrogens with zero attached hydrogens (tertiary/aromatic N) is 1. The van der Waals surface area contributed by atoms with Crippen molar-refractivity contribution in [1.82, 2.24) is 4.90 Å². The van der Waals surface area contributed by atoms with E-state index in [1.54, 1.807) is 19.2 Å². The van der Waals surface area contributed by atoms with Crippen LogP contribution < -0.4 is 5.32 Å². The molecule has 7 heteroatoms. The van der Waals surface area contributed by atoms with Gasteiger partial charge in [-0.2, -0.15) is 0 Å². The number of nitrogens with one attached hydrogen (secondary N) is 1. The molecule has 1 amide bonds. The summed E-state index contributed by atoms with van der Waals surface area (Å²) >= 11 is 6.17. The number of halogens is 1. The van der Waals surface area contributed by atoms with E-state index in [0.29, 0.717) is 16.5 Å². The number of aryl methyl sites for hydroxylation is 2. The van der Waals surface area contributed by atoms with Crippen molar-refractivity contribution >= 4 is 29.2 Å². The Labute approximate surface area is 223 Å². The molecule has 4 rings (SSSR count). The number of hydrogen-bond acceptors (Lipinski definition) is 4. The van der Waals surface area contributed by atoms with Crippen molar-refractivity contribution in [3.63, 3.8) is 0 Å². The summed E-state index contributed by atoms with van der Waals surface area (Å²) in [6.07, 6.45) is 5.95. The van der Waals surface area contributed by atoms with Crippen molar-refractivity contribution < 1.29 is 19.1 Å². The van der Waals surface area contributed by atoms with Gasteiger partial charge in [-0.05, 0) is 86.7 Å². The number of furan rings is 1. The topological polar surface area (TPSA) is 82.8 Å². The number of hydrogen-bond donors (Lipinski definition) is 2. The third-order valence-electron chi connectivity index (χ3n) is 7.33. The predicted molar refractivity (Wildman–Crippen MR) is 147 cm³/mol. The van der Waals surface area contributed by atoms with Crippen molar-refractivity contribution in [2.24, 2.45) is 5.92 Å². The average Bonchev–Trinajstić information content (AvgIpc) is 3.27. The maximum absolute atomic E-state index is 12.7. The second kappa shape index (κ2) is 11.9. The molecule has 3 aromatic rings. The normalized spacial score (nSPS) is 14.8. The molecule has 0 bridgehead atoms. The Balaban J connectivity index is 1.57. The minimum atomic E-state index is -0.920. The number of rotatable bonds is 9. The molecule has 1 aromatic heterocycles. The molecule has 0 saturated heterocycles. The standard InChI is InChI=1S/C30H35ClN2O4/c1-19-17-23(31)11-14-25(19)27-18-26(20(2)37-27)29(21-7-5-4-6-8-21)32-24-12-9-22(10-13-24)30(36)33(3)16-15-28(34)35/h9-14,17-18,21,29,32H,4-8,15-16H2,1-3H3,(H,34,35). The van der Waals surface area contributed by atoms with Gasteiger partial charge in [-0.25, -0.2) is 0 Å². The van der Waals surface area contributed by atoms with Crippen LogP contribution in [0.2, 0.25) is 5.02 Å². The first-order valence-corrected chi connectivity index (χ1v) is 13.3. The number of carbonyl (C=O) groups is 2. The number of carboxylic acid groups (broad SMARTS) is 1. The highest BCUT2D eigenvalue weighted by molar-refractivity contribution is 6.30. The van der Waals surface area contributed by atoms with Gasteiger partial charge in [-0.3, -0.25) is 9.59 Å². The van der Waals surface area contributed by atoms with Crippen molar-refractivity contribution in [2.45, 2.75) is 58.4 Å². The number of carboxylic acids is 1. The van der Waals surface area contributed by atoms with E-state index in [1.807, 2.05) is 44.2 Å². The summed E-state index contributed by atoms with van der Waals surface area (Å²) in [6.45, 7) is 4.24. The second-order valence-corrected chi connectivity index (χ2v) is 10.5. The number of aliphatic carboxylic acids is 1. The summed E-state index contributed by atoms with van der Waals surface area (Å²) in [4.78, 5) is 25.0. The van der Waals surface area contributed by atoms with Crippen LogP contribution >= 0.6 is 11.6 Å². The molecule has 1 unspecified atom stereocenters. The van der Waals surface area contributed by atoms with Crippen LogP contribution in [0.3, 0.4) is 0 Å². The zero-order chi connectivity index (χ0) is 26.5. The molecule has 6 nitrogen and oxygen atoms in total. The molecular weight excluding hydrogens is 488 g/mol. The van der Waals surface area contributed by atoms with Crippen molar-refractivity contribution in [1.29, 1.82) is 0 Å². The maximum Gasteiger partial charge on any atom is 0.305 e. The van der Waals surface area contributed by atoms with Gasteiger partial charge in [0, 0.05) is 41.0 Å². The van der Waals surface area contributed by atoms with Gasteiger partial charge in [0.2, 0.25) is 0 Å². The molecular formula is C30H35ClN2O4. The van der Waals surface area contributed by atoms with E-state index in [2.05, 4.69) is 11.4 Å². The van der Waals surface area contributed by atoms with E-state index in [-0.39, 0.29) is 24.9 Å². The molecule has 1 aliphatic rings. The summed E-state index contributed by atoms with van der Waals surface area (Å²) in [5.41, 5.74) is 4.74.